The standard InChI is InChI=1S/C47H86N2O3/c1-6-10-14-15-16-17-18-19-20-21-22-23-24-25-26-27-28-39(47(50)51)36-44-42-31-29-40(48(5)33-11-7-2)37-45(42)52-46-38-41(30-32-43(44)46)49(34-12-8-3)35-13-9-4/h26-27,39-43,45-46H,6-25,28-38H2,1-5H3/b27-26+. The van der Waals surface area contributed by atoms with Crippen LogP contribution < -0.4 is 5.11 Å². The summed E-state index contributed by atoms with van der Waals surface area (Å²) in [6.07, 6.45) is 39.5. The third-order valence-corrected chi connectivity index (χ3v) is 13.3. The number of aliphatic carboxylic acids is 1. The Morgan fingerprint density at radius 2 is 1.13 bits per heavy atom. The number of carboxylic acid groups (broad SMARTS) is 1. The second kappa shape index (κ2) is 27.5. The Labute approximate surface area is 323 Å². The van der Waals surface area contributed by atoms with E-state index in [2.05, 4.69) is 56.7 Å². The molecule has 52 heavy (non-hydrogen) atoms. The number of allylic oxidation sites excluding steroid dienone is 2. The fourth-order valence-corrected chi connectivity index (χ4v) is 9.89. The number of ether oxygens (including phenoxy) is 1. The summed E-state index contributed by atoms with van der Waals surface area (Å²) in [5.41, 5.74) is 0. The molecule has 5 nitrogen and oxygen atoms in total. The second-order valence-corrected chi connectivity index (χ2v) is 17.5. The van der Waals surface area contributed by atoms with E-state index in [1.807, 2.05) is 0 Å². The van der Waals surface area contributed by atoms with Crippen molar-refractivity contribution in [3.8, 4) is 0 Å². The molecule has 0 aromatic heterocycles. The topological polar surface area (TPSA) is 55.8 Å². The zero-order chi connectivity index (χ0) is 37.4. The molecule has 1 heterocycles. The van der Waals surface area contributed by atoms with Crippen molar-refractivity contribution in [3.05, 3.63) is 18.1 Å². The van der Waals surface area contributed by atoms with Crippen molar-refractivity contribution in [3.63, 3.8) is 0 Å². The first kappa shape index (κ1) is 45.4. The van der Waals surface area contributed by atoms with Crippen molar-refractivity contribution in [2.75, 3.05) is 26.7 Å². The van der Waals surface area contributed by atoms with Gasteiger partial charge in [-0.05, 0) is 104 Å². The Hall–Kier alpha value is -1.04. The molecule has 2 aliphatic carbocycles. The summed E-state index contributed by atoms with van der Waals surface area (Å²) < 4.78 is 7.18. The normalized spacial score (nSPS) is 25.6. The third-order valence-electron chi connectivity index (χ3n) is 13.3. The molecule has 3 aliphatic rings. The number of hydrogen-bond donors (Lipinski definition) is 0. The van der Waals surface area contributed by atoms with Gasteiger partial charge in [-0.1, -0.05) is 136 Å². The van der Waals surface area contributed by atoms with Crippen LogP contribution in [0.15, 0.2) is 12.2 Å². The van der Waals surface area contributed by atoms with Gasteiger partial charge in [0.25, 0.3) is 0 Å². The molecule has 3 rings (SSSR count). The number of fused-ring (bicyclic) bond motifs is 2. The Bertz CT molecular complexity index is 916. The molecule has 0 radical (unpaired) electrons. The van der Waals surface area contributed by atoms with Crippen LogP contribution in [-0.4, -0.2) is 66.7 Å². The van der Waals surface area contributed by atoms with Crippen molar-refractivity contribution in [1.82, 2.24) is 9.80 Å². The number of carbonyl (C=O) groups is 1. The molecule has 7 atom stereocenters. The predicted octanol–water partition coefficient (Wildman–Crippen LogP) is 11.5. The Morgan fingerprint density at radius 3 is 1.67 bits per heavy atom. The van der Waals surface area contributed by atoms with Crippen molar-refractivity contribution >= 4 is 5.97 Å². The number of unbranched alkanes of at least 4 members (excludes halogenated alkanes) is 16. The molecule has 0 bridgehead atoms. The quantitative estimate of drug-likeness (QED) is 0.0419. The van der Waals surface area contributed by atoms with Gasteiger partial charge in [-0.3, -0.25) is 0 Å². The molecule has 2 saturated carbocycles. The summed E-state index contributed by atoms with van der Waals surface area (Å²) in [4.78, 5) is 18.0. The van der Waals surface area contributed by atoms with Gasteiger partial charge in [0, 0.05) is 24.0 Å². The smallest absolute Gasteiger partial charge is 0.127 e. The first-order valence-electron chi connectivity index (χ1n) is 23.2. The molecule has 7 unspecified atom stereocenters. The van der Waals surface area contributed by atoms with Gasteiger partial charge >= 0.3 is 0 Å². The van der Waals surface area contributed by atoms with E-state index in [0.29, 0.717) is 36.8 Å². The Kier molecular flexibility index (Phi) is 24.0. The van der Waals surface area contributed by atoms with Gasteiger partial charge in [-0.15, -0.1) is 0 Å². The Morgan fingerprint density at radius 1 is 0.654 bits per heavy atom. The van der Waals surface area contributed by atoms with E-state index in [1.165, 1.54) is 148 Å². The van der Waals surface area contributed by atoms with Gasteiger partial charge in [0.05, 0.1) is 6.42 Å². The van der Waals surface area contributed by atoms with E-state index < -0.39 is 11.9 Å². The van der Waals surface area contributed by atoms with Gasteiger partial charge < -0.3 is 24.4 Å². The van der Waals surface area contributed by atoms with Gasteiger partial charge in [0.15, 0.2) is 0 Å². The number of hydrogen-bond acceptors (Lipinski definition) is 5. The molecule has 5 heteroatoms. The summed E-state index contributed by atoms with van der Waals surface area (Å²) in [5, 5.41) is 12.7. The SMILES string of the molecule is CCCCCCCCCCCCCCC/C=C/CC(C[C+]1C2CCC(N(C)CCCC)CC2OC2CC(N(CCCC)CCCC)CCC12)C(=O)[O-]. The van der Waals surface area contributed by atoms with Crippen LogP contribution in [0.25, 0.3) is 0 Å². The molecular formula is C47H86N2O3. The van der Waals surface area contributed by atoms with Crippen LogP contribution in [0.3, 0.4) is 0 Å². The monoisotopic (exact) mass is 727 g/mol. The summed E-state index contributed by atoms with van der Waals surface area (Å²) >= 11 is 0. The van der Waals surface area contributed by atoms with Gasteiger partial charge in [0.2, 0.25) is 0 Å². The molecule has 1 aliphatic heterocycles. The summed E-state index contributed by atoms with van der Waals surface area (Å²) in [6, 6.07) is 1.16. The molecule has 0 aromatic rings. The highest BCUT2D eigenvalue weighted by atomic mass is 16.5. The van der Waals surface area contributed by atoms with Crippen molar-refractivity contribution in [2.45, 2.75) is 232 Å². The fraction of sp³-hybridized carbons (Fsp3) is 0.915. The molecule has 302 valence electrons. The maximum absolute atomic E-state index is 12.7. The number of carbonyl (C=O) groups excluding carboxylic acids is 1. The molecule has 1 saturated heterocycles. The van der Waals surface area contributed by atoms with E-state index in [4.69, 9.17) is 4.74 Å². The molecule has 0 aromatic carbocycles. The average Bonchev–Trinajstić information content (AvgIpc) is 3.15. The molecule has 0 amide bonds. The van der Waals surface area contributed by atoms with Crippen molar-refractivity contribution < 1.29 is 14.6 Å². The minimum Gasteiger partial charge on any atom is -0.550 e. The lowest BCUT2D eigenvalue weighted by Gasteiger charge is -2.49. The fourth-order valence-electron chi connectivity index (χ4n) is 9.89. The molecule has 3 fully saturated rings. The van der Waals surface area contributed by atoms with Crippen LogP contribution in [0.1, 0.15) is 207 Å². The van der Waals surface area contributed by atoms with Gasteiger partial charge in [-0.2, -0.15) is 0 Å². The van der Waals surface area contributed by atoms with Crippen LogP contribution in [-0.2, 0) is 9.53 Å². The van der Waals surface area contributed by atoms with Crippen LogP contribution >= 0.6 is 0 Å². The van der Waals surface area contributed by atoms with Gasteiger partial charge in [0.1, 0.15) is 30.0 Å². The van der Waals surface area contributed by atoms with Crippen LogP contribution in [0.2, 0.25) is 0 Å². The third kappa shape index (κ3) is 16.4. The van der Waals surface area contributed by atoms with E-state index in [9.17, 15) is 9.90 Å². The first-order chi connectivity index (χ1) is 25.4. The van der Waals surface area contributed by atoms with Crippen LogP contribution in [0.5, 0.6) is 0 Å². The van der Waals surface area contributed by atoms with Crippen LogP contribution in [0, 0.1) is 23.7 Å². The highest BCUT2D eigenvalue weighted by molar-refractivity contribution is 5.68. The average molecular weight is 727 g/mol. The second-order valence-electron chi connectivity index (χ2n) is 17.5. The van der Waals surface area contributed by atoms with Crippen LogP contribution in [0.4, 0.5) is 0 Å². The largest absolute Gasteiger partial charge is 0.550 e. The zero-order valence-electron chi connectivity index (χ0n) is 35.2. The summed E-state index contributed by atoms with van der Waals surface area (Å²) in [7, 11) is 2.31. The number of carboxylic acids is 1. The minimum absolute atomic E-state index is 0.228. The highest BCUT2D eigenvalue weighted by Crippen LogP contribution is 2.52. The van der Waals surface area contributed by atoms with E-state index in [0.717, 1.165) is 38.6 Å². The van der Waals surface area contributed by atoms with E-state index in [-0.39, 0.29) is 12.2 Å². The maximum Gasteiger partial charge on any atom is 0.127 e. The van der Waals surface area contributed by atoms with E-state index >= 15 is 0 Å². The molecule has 0 spiro atoms. The lowest BCUT2D eigenvalue weighted by Crippen LogP contribution is -2.56. The lowest BCUT2D eigenvalue weighted by molar-refractivity contribution is -0.311. The summed E-state index contributed by atoms with van der Waals surface area (Å²) in [6.45, 7) is 12.7. The zero-order valence-corrected chi connectivity index (χ0v) is 35.2. The summed E-state index contributed by atoms with van der Waals surface area (Å²) in [5.74, 6) is 1.07. The van der Waals surface area contributed by atoms with Crippen molar-refractivity contribution in [2.24, 2.45) is 17.8 Å². The maximum atomic E-state index is 12.7. The highest BCUT2D eigenvalue weighted by Gasteiger charge is 2.57. The number of nitrogens with zero attached hydrogens (tertiary/aromatic N) is 2. The minimum atomic E-state index is -0.857. The molecular weight excluding hydrogens is 641 g/mol. The van der Waals surface area contributed by atoms with Gasteiger partial charge in [-0.25, -0.2) is 0 Å². The van der Waals surface area contributed by atoms with Crippen molar-refractivity contribution in [1.29, 1.82) is 0 Å². The molecule has 0 N–H and O–H groups in total. The predicted molar refractivity (Wildman–Crippen MR) is 220 cm³/mol. The first-order valence-corrected chi connectivity index (χ1v) is 23.2. The lowest BCUT2D eigenvalue weighted by atomic mass is 9.61. The Balaban J connectivity index is 1.52. The number of rotatable bonds is 30. The van der Waals surface area contributed by atoms with E-state index in [1.54, 1.807) is 5.92 Å².